The topological polar surface area (TPSA) is 26.8 Å². The van der Waals surface area contributed by atoms with Gasteiger partial charge >= 0.3 is 0 Å². The van der Waals surface area contributed by atoms with Crippen LogP contribution in [0.4, 0.5) is 5.69 Å². The van der Waals surface area contributed by atoms with Crippen molar-refractivity contribution in [3.63, 3.8) is 0 Å². The molecule has 0 bridgehead atoms. The highest BCUT2D eigenvalue weighted by molar-refractivity contribution is 8.13. The number of hydrogen-bond donors (Lipinski definition) is 0. The number of thioether (sulfide) groups is 1. The van der Waals surface area contributed by atoms with Crippen molar-refractivity contribution in [2.45, 2.75) is 87.5 Å². The summed E-state index contributed by atoms with van der Waals surface area (Å²) in [5.41, 5.74) is 6.33. The Hall–Kier alpha value is -2.05. The molecular formula is C38H60ClN3OS. The quantitative estimate of drug-likeness (QED) is 0.180. The number of benzene rings is 2. The second-order valence-corrected chi connectivity index (χ2v) is 12.2. The summed E-state index contributed by atoms with van der Waals surface area (Å²) in [6.45, 7) is 24.1. The number of anilines is 1. The minimum atomic E-state index is 0.332. The van der Waals surface area contributed by atoms with Crippen molar-refractivity contribution in [1.29, 1.82) is 0 Å². The average Bonchev–Trinajstić information content (AvgIpc) is 3.05. The van der Waals surface area contributed by atoms with E-state index in [0.717, 1.165) is 82.3 Å². The van der Waals surface area contributed by atoms with E-state index in [4.69, 9.17) is 11.6 Å². The molecule has 0 atom stereocenters. The lowest BCUT2D eigenvalue weighted by atomic mass is 10.1. The number of piperazine rings is 1. The van der Waals surface area contributed by atoms with E-state index < -0.39 is 0 Å². The fraction of sp³-hybridized carbons (Fsp3) is 0.553. The predicted molar refractivity (Wildman–Crippen MR) is 198 cm³/mol. The highest BCUT2D eigenvalue weighted by Gasteiger charge is 2.19. The first kappa shape index (κ1) is 40.0. The van der Waals surface area contributed by atoms with E-state index in [0.29, 0.717) is 11.5 Å². The van der Waals surface area contributed by atoms with Crippen LogP contribution in [0.2, 0.25) is 5.02 Å². The van der Waals surface area contributed by atoms with Crippen LogP contribution in [0.3, 0.4) is 0 Å². The van der Waals surface area contributed by atoms with Crippen molar-refractivity contribution in [1.82, 2.24) is 9.80 Å². The lowest BCUT2D eigenvalue weighted by Crippen LogP contribution is -2.47. The van der Waals surface area contributed by atoms with Crippen LogP contribution in [0.15, 0.2) is 72.0 Å². The Bertz CT molecular complexity index is 1110. The fourth-order valence-electron chi connectivity index (χ4n) is 5.38. The Labute approximate surface area is 279 Å². The van der Waals surface area contributed by atoms with Gasteiger partial charge in [0, 0.05) is 67.8 Å². The second-order valence-electron chi connectivity index (χ2n) is 10.6. The highest BCUT2D eigenvalue weighted by atomic mass is 35.5. The molecule has 0 N–H and O–H groups in total. The SMILES string of the molecule is C/C=C(\C(C)=C/CC)N(CCCN1CCN(CCSC(=O)CCCc2ccccc2)CC1)c1cc(Cl)ccc1C.CC.CC. The van der Waals surface area contributed by atoms with Crippen LogP contribution >= 0.6 is 23.4 Å². The molecule has 0 aliphatic carbocycles. The largest absolute Gasteiger partial charge is 0.341 e. The minimum absolute atomic E-state index is 0.332. The van der Waals surface area contributed by atoms with Crippen molar-refractivity contribution >= 4 is 34.2 Å². The Morgan fingerprint density at radius 1 is 0.955 bits per heavy atom. The predicted octanol–water partition coefficient (Wildman–Crippen LogP) is 10.1. The van der Waals surface area contributed by atoms with Crippen LogP contribution in [-0.2, 0) is 11.2 Å². The van der Waals surface area contributed by atoms with E-state index in [9.17, 15) is 4.79 Å². The molecule has 1 aliphatic rings. The zero-order valence-corrected chi connectivity index (χ0v) is 30.6. The molecule has 0 unspecified atom stereocenters. The van der Waals surface area contributed by atoms with Crippen LogP contribution < -0.4 is 4.90 Å². The molecule has 0 spiro atoms. The summed E-state index contributed by atoms with van der Waals surface area (Å²) in [6, 6.07) is 16.6. The van der Waals surface area contributed by atoms with Crippen molar-refractivity contribution in [2.75, 3.05) is 56.5 Å². The summed E-state index contributed by atoms with van der Waals surface area (Å²) in [7, 11) is 0. The van der Waals surface area contributed by atoms with Crippen LogP contribution in [0.1, 0.15) is 85.3 Å². The molecule has 44 heavy (non-hydrogen) atoms. The standard InChI is InChI=1S/C34H48ClN3OS.2C2H6/c1-5-12-28(3)32(6-2)38(33-27-31(35)18-17-29(33)4)20-11-19-36-21-23-37(24-22-36)25-26-40-34(39)16-10-15-30-13-8-7-9-14-30;2*1-2/h6-9,12-14,17-18,27H,5,10-11,15-16,19-26H2,1-4H3;2*1-2H3/b28-12-,32-6+;;. The van der Waals surface area contributed by atoms with E-state index in [1.54, 1.807) is 0 Å². The third-order valence-corrected chi connectivity index (χ3v) is 8.77. The van der Waals surface area contributed by atoms with Gasteiger partial charge in [0.25, 0.3) is 0 Å². The lowest BCUT2D eigenvalue weighted by molar-refractivity contribution is -0.111. The molecule has 2 aromatic carbocycles. The lowest BCUT2D eigenvalue weighted by Gasteiger charge is -2.35. The normalized spacial score (nSPS) is 14.3. The van der Waals surface area contributed by atoms with Crippen molar-refractivity contribution in [3.8, 4) is 0 Å². The van der Waals surface area contributed by atoms with E-state index in [1.807, 2.05) is 39.8 Å². The molecule has 3 rings (SSSR count). The molecule has 6 heteroatoms. The van der Waals surface area contributed by atoms with Gasteiger partial charge in [0.15, 0.2) is 5.12 Å². The van der Waals surface area contributed by atoms with Crippen LogP contribution in [0, 0.1) is 6.92 Å². The molecule has 1 aliphatic heterocycles. The van der Waals surface area contributed by atoms with Gasteiger partial charge in [-0.25, -0.2) is 0 Å². The Balaban J connectivity index is 0.00000232. The summed E-state index contributed by atoms with van der Waals surface area (Å²) in [5, 5.41) is 1.11. The molecule has 246 valence electrons. The Morgan fingerprint density at radius 3 is 2.20 bits per heavy atom. The van der Waals surface area contributed by atoms with Crippen molar-refractivity contribution in [3.05, 3.63) is 88.1 Å². The maximum atomic E-state index is 12.3. The number of allylic oxidation sites excluding steroid dienone is 3. The molecule has 0 amide bonds. The van der Waals surface area contributed by atoms with Gasteiger partial charge < -0.3 is 9.80 Å². The third-order valence-electron chi connectivity index (χ3n) is 7.62. The number of nitrogens with zero attached hydrogens (tertiary/aromatic N) is 3. The smallest absolute Gasteiger partial charge is 0.188 e. The first-order valence-electron chi connectivity index (χ1n) is 16.9. The number of carbonyl (C=O) groups excluding carboxylic acids is 1. The van der Waals surface area contributed by atoms with Crippen LogP contribution in [0.5, 0.6) is 0 Å². The summed E-state index contributed by atoms with van der Waals surface area (Å²) in [4.78, 5) is 19.9. The molecule has 1 saturated heterocycles. The van der Waals surface area contributed by atoms with E-state index >= 15 is 0 Å². The number of hydrogen-bond acceptors (Lipinski definition) is 5. The number of carbonyl (C=O) groups is 1. The van der Waals surface area contributed by atoms with Gasteiger partial charge in [-0.15, -0.1) is 0 Å². The molecule has 2 aromatic rings. The molecule has 1 heterocycles. The first-order valence-corrected chi connectivity index (χ1v) is 18.3. The Kier molecular flexibility index (Phi) is 22.0. The Morgan fingerprint density at radius 2 is 1.59 bits per heavy atom. The number of aryl methyl sites for hydroxylation is 2. The second kappa shape index (κ2) is 24.2. The maximum absolute atomic E-state index is 12.3. The van der Waals surface area contributed by atoms with Gasteiger partial charge in [0.2, 0.25) is 0 Å². The van der Waals surface area contributed by atoms with Crippen LogP contribution in [0.25, 0.3) is 0 Å². The molecule has 4 nitrogen and oxygen atoms in total. The van der Waals surface area contributed by atoms with Gasteiger partial charge in [-0.3, -0.25) is 9.69 Å². The molecule has 0 aromatic heterocycles. The molecule has 1 fully saturated rings. The monoisotopic (exact) mass is 641 g/mol. The highest BCUT2D eigenvalue weighted by Crippen LogP contribution is 2.30. The summed E-state index contributed by atoms with van der Waals surface area (Å²) in [5.74, 6) is 0.898. The summed E-state index contributed by atoms with van der Waals surface area (Å²) in [6.07, 6.45) is 9.24. The van der Waals surface area contributed by atoms with Gasteiger partial charge in [-0.2, -0.15) is 0 Å². The van der Waals surface area contributed by atoms with Gasteiger partial charge in [0.1, 0.15) is 0 Å². The molecule has 0 radical (unpaired) electrons. The maximum Gasteiger partial charge on any atom is 0.188 e. The zero-order chi connectivity index (χ0) is 32.7. The number of rotatable bonds is 15. The zero-order valence-electron chi connectivity index (χ0n) is 29.0. The van der Waals surface area contributed by atoms with Gasteiger partial charge in [0.05, 0.1) is 0 Å². The van der Waals surface area contributed by atoms with Crippen molar-refractivity contribution < 1.29 is 4.79 Å². The number of halogens is 1. The first-order chi connectivity index (χ1) is 21.4. The minimum Gasteiger partial charge on any atom is -0.341 e. The van der Waals surface area contributed by atoms with E-state index in [1.165, 1.54) is 39.8 Å². The van der Waals surface area contributed by atoms with Crippen LogP contribution in [-0.4, -0.2) is 66.5 Å². The fourth-order valence-corrected chi connectivity index (χ4v) is 6.41. The molecular weight excluding hydrogens is 582 g/mol. The summed E-state index contributed by atoms with van der Waals surface area (Å²) >= 11 is 7.94. The van der Waals surface area contributed by atoms with Crippen molar-refractivity contribution in [2.24, 2.45) is 0 Å². The van der Waals surface area contributed by atoms with E-state index in [2.05, 4.69) is 90.9 Å². The van der Waals surface area contributed by atoms with Gasteiger partial charge in [-0.1, -0.05) is 107 Å². The molecule has 0 saturated carbocycles. The average molecular weight is 642 g/mol. The van der Waals surface area contributed by atoms with E-state index in [-0.39, 0.29) is 0 Å². The van der Waals surface area contributed by atoms with Gasteiger partial charge in [-0.05, 0) is 81.8 Å². The third kappa shape index (κ3) is 14.8. The summed E-state index contributed by atoms with van der Waals surface area (Å²) < 4.78 is 0.